The lowest BCUT2D eigenvalue weighted by Gasteiger charge is -2.35. The summed E-state index contributed by atoms with van der Waals surface area (Å²) < 4.78 is -0.601. The molecule has 3 unspecified atom stereocenters. The minimum atomic E-state index is -0.601. The summed E-state index contributed by atoms with van der Waals surface area (Å²) in [5.74, 6) is -1.30. The maximum Gasteiger partial charge on any atom is 0.244 e. The van der Waals surface area contributed by atoms with E-state index in [4.69, 9.17) is 5.11 Å². The molecule has 1 aromatic carbocycles. The second-order valence-electron chi connectivity index (χ2n) is 9.83. The highest BCUT2D eigenvalue weighted by atomic mass is 79.9. The van der Waals surface area contributed by atoms with Gasteiger partial charge in [0.1, 0.15) is 6.04 Å². The Hall–Kier alpha value is -1.58. The quantitative estimate of drug-likeness (QED) is 0.266. The van der Waals surface area contributed by atoms with Gasteiger partial charge in [0.2, 0.25) is 17.7 Å². The van der Waals surface area contributed by atoms with Gasteiger partial charge in [0, 0.05) is 35.5 Å². The number of likely N-dealkylation sites (tertiary alicyclic amines) is 1. The monoisotopic (exact) mass is 565 g/mol. The van der Waals surface area contributed by atoms with E-state index in [9.17, 15) is 14.4 Å². The number of aliphatic hydroxyl groups excluding tert-OH is 1. The number of para-hydroxylation sites is 1. The fourth-order valence-electron chi connectivity index (χ4n) is 5.95. The lowest BCUT2D eigenvalue weighted by molar-refractivity contribution is -0.139. The fraction of sp³-hybridized carbons (Fsp3) is 0.654. The Morgan fingerprint density at radius 3 is 2.60 bits per heavy atom. The van der Waals surface area contributed by atoms with E-state index in [0.717, 1.165) is 38.5 Å². The van der Waals surface area contributed by atoms with Crippen molar-refractivity contribution in [1.29, 1.82) is 0 Å². The van der Waals surface area contributed by atoms with Gasteiger partial charge in [-0.25, -0.2) is 0 Å². The molecule has 2 bridgehead atoms. The minimum Gasteiger partial charge on any atom is -0.396 e. The molecule has 3 fully saturated rings. The van der Waals surface area contributed by atoms with Crippen molar-refractivity contribution in [3.63, 3.8) is 0 Å². The van der Waals surface area contributed by atoms with Gasteiger partial charge < -0.3 is 20.6 Å². The first-order chi connectivity index (χ1) is 16.9. The first kappa shape index (κ1) is 26.5. The van der Waals surface area contributed by atoms with Crippen LogP contribution in [0.25, 0.3) is 0 Å². The predicted octanol–water partition coefficient (Wildman–Crippen LogP) is 3.56. The van der Waals surface area contributed by atoms with Crippen LogP contribution in [0, 0.1) is 11.8 Å². The van der Waals surface area contributed by atoms with E-state index in [2.05, 4.69) is 33.5 Å². The summed E-state index contributed by atoms with van der Waals surface area (Å²) in [6.45, 7) is 3.34. The Labute approximate surface area is 220 Å². The molecule has 9 heteroatoms. The van der Waals surface area contributed by atoms with Crippen LogP contribution in [0.4, 0.5) is 5.69 Å². The van der Waals surface area contributed by atoms with E-state index in [-0.39, 0.29) is 34.4 Å². The maximum atomic E-state index is 13.9. The molecule has 4 rings (SSSR count). The molecule has 3 N–H and O–H groups in total. The van der Waals surface area contributed by atoms with Crippen LogP contribution >= 0.6 is 27.7 Å². The van der Waals surface area contributed by atoms with Crippen molar-refractivity contribution in [2.45, 2.75) is 72.7 Å². The van der Waals surface area contributed by atoms with Crippen molar-refractivity contribution in [2.75, 3.05) is 25.0 Å². The standard InChI is InChI=1S/C26H36BrN3O4S/c1-2-3-13-28-24(33)22-26-16-18(27)21(35-26)19(23(32)29-17-11-7-6-8-12-17)20(26)25(34)30(22)14-9-4-5-10-15-31/h6-8,11-12,18-22,31H,2-5,9-10,13-16H2,1H3,(H,28,33)(H,29,32)/t18?,19-,20-,21-,22?,26?/m0/s1. The molecule has 0 saturated carbocycles. The van der Waals surface area contributed by atoms with Gasteiger partial charge in [0.05, 0.1) is 16.6 Å². The summed E-state index contributed by atoms with van der Waals surface area (Å²) in [7, 11) is 0. The third-order valence-corrected chi connectivity index (χ3v) is 10.7. The number of hydrogen-bond acceptors (Lipinski definition) is 5. The topological polar surface area (TPSA) is 98.7 Å². The molecular formula is C26H36BrN3O4S. The summed E-state index contributed by atoms with van der Waals surface area (Å²) in [6.07, 6.45) is 5.87. The van der Waals surface area contributed by atoms with Gasteiger partial charge >= 0.3 is 0 Å². The number of aliphatic hydroxyl groups is 1. The SMILES string of the molecule is CCCCNC(=O)C1N(CCCCCCO)C(=O)[C@@H]2[C@H](C(=O)Nc3ccccc3)[C@H]3SC12CC3Br. The number of nitrogens with one attached hydrogen (secondary N) is 2. The number of fused-ring (bicyclic) bond motifs is 1. The molecule has 0 aliphatic carbocycles. The first-order valence-electron chi connectivity index (χ1n) is 12.8. The van der Waals surface area contributed by atoms with Crippen LogP contribution in [-0.2, 0) is 14.4 Å². The van der Waals surface area contributed by atoms with Crippen molar-refractivity contribution in [3.05, 3.63) is 30.3 Å². The first-order valence-corrected chi connectivity index (χ1v) is 14.6. The fourth-order valence-corrected chi connectivity index (χ4v) is 9.56. The summed E-state index contributed by atoms with van der Waals surface area (Å²) in [4.78, 5) is 42.8. The Morgan fingerprint density at radius 1 is 1.14 bits per heavy atom. The number of rotatable bonds is 12. The van der Waals surface area contributed by atoms with Crippen LogP contribution in [0.15, 0.2) is 30.3 Å². The van der Waals surface area contributed by atoms with Gasteiger partial charge in [0.25, 0.3) is 0 Å². The summed E-state index contributed by atoms with van der Waals surface area (Å²) in [6, 6.07) is 8.76. The molecule has 6 atom stereocenters. The predicted molar refractivity (Wildman–Crippen MR) is 142 cm³/mol. The minimum absolute atomic E-state index is 0.0506. The Morgan fingerprint density at radius 2 is 1.89 bits per heavy atom. The zero-order valence-electron chi connectivity index (χ0n) is 20.2. The second kappa shape index (κ2) is 11.6. The Bertz CT molecular complexity index is 919. The van der Waals surface area contributed by atoms with Gasteiger partial charge in [-0.2, -0.15) is 0 Å². The van der Waals surface area contributed by atoms with Crippen LogP contribution in [0.5, 0.6) is 0 Å². The van der Waals surface area contributed by atoms with Crippen molar-refractivity contribution < 1.29 is 19.5 Å². The van der Waals surface area contributed by atoms with Crippen LogP contribution in [-0.4, -0.2) is 68.3 Å². The average Bonchev–Trinajstić information content (AvgIpc) is 3.43. The van der Waals surface area contributed by atoms with Crippen molar-refractivity contribution in [2.24, 2.45) is 11.8 Å². The van der Waals surface area contributed by atoms with Gasteiger partial charge in [-0.15, -0.1) is 11.8 Å². The number of thioether (sulfide) groups is 1. The number of carbonyl (C=O) groups is 3. The van der Waals surface area contributed by atoms with Gasteiger partial charge in [-0.05, 0) is 37.8 Å². The highest BCUT2D eigenvalue weighted by molar-refractivity contribution is 9.09. The molecule has 1 spiro atoms. The Kier molecular flexibility index (Phi) is 8.81. The third-order valence-electron chi connectivity index (χ3n) is 7.52. The number of anilines is 1. The molecule has 192 valence electrons. The van der Waals surface area contributed by atoms with Crippen LogP contribution in [0.1, 0.15) is 51.9 Å². The smallest absolute Gasteiger partial charge is 0.244 e. The van der Waals surface area contributed by atoms with Crippen molar-refractivity contribution in [1.82, 2.24) is 10.2 Å². The molecular weight excluding hydrogens is 530 g/mol. The van der Waals surface area contributed by atoms with E-state index in [1.807, 2.05) is 30.3 Å². The van der Waals surface area contributed by atoms with Gasteiger partial charge in [-0.1, -0.05) is 60.3 Å². The zero-order valence-corrected chi connectivity index (χ0v) is 22.7. The Balaban J connectivity index is 1.59. The van der Waals surface area contributed by atoms with Crippen LogP contribution in [0.2, 0.25) is 0 Å². The number of benzene rings is 1. The lowest BCUT2D eigenvalue weighted by Crippen LogP contribution is -2.54. The van der Waals surface area contributed by atoms with E-state index in [1.165, 1.54) is 0 Å². The summed E-state index contributed by atoms with van der Waals surface area (Å²) >= 11 is 5.47. The number of carbonyl (C=O) groups excluding carboxylic acids is 3. The number of alkyl halides is 1. The highest BCUT2D eigenvalue weighted by Crippen LogP contribution is 2.67. The molecule has 3 aliphatic rings. The maximum absolute atomic E-state index is 13.9. The van der Waals surface area contributed by atoms with E-state index in [0.29, 0.717) is 25.2 Å². The highest BCUT2D eigenvalue weighted by Gasteiger charge is 2.75. The molecule has 1 aromatic rings. The lowest BCUT2D eigenvalue weighted by atomic mass is 9.70. The number of hydrogen-bond donors (Lipinski definition) is 3. The zero-order chi connectivity index (χ0) is 25.0. The molecule has 3 aliphatic heterocycles. The van der Waals surface area contributed by atoms with Crippen LogP contribution in [0.3, 0.4) is 0 Å². The largest absolute Gasteiger partial charge is 0.396 e. The molecule has 35 heavy (non-hydrogen) atoms. The van der Waals surface area contributed by atoms with E-state index < -0.39 is 22.6 Å². The third kappa shape index (κ3) is 5.14. The van der Waals surface area contributed by atoms with E-state index >= 15 is 0 Å². The number of amides is 3. The van der Waals surface area contributed by atoms with Crippen molar-refractivity contribution >= 4 is 51.1 Å². The molecule has 3 heterocycles. The molecule has 3 saturated heterocycles. The van der Waals surface area contributed by atoms with Gasteiger partial charge in [-0.3, -0.25) is 14.4 Å². The number of unbranched alkanes of at least 4 members (excludes halogenated alkanes) is 4. The normalized spacial score (nSPS) is 31.0. The molecule has 0 aromatic heterocycles. The van der Waals surface area contributed by atoms with Crippen molar-refractivity contribution in [3.8, 4) is 0 Å². The summed E-state index contributed by atoms with van der Waals surface area (Å²) in [5.41, 5.74) is 0.713. The molecule has 7 nitrogen and oxygen atoms in total. The van der Waals surface area contributed by atoms with Crippen LogP contribution < -0.4 is 10.6 Å². The number of nitrogens with zero attached hydrogens (tertiary/aromatic N) is 1. The summed E-state index contributed by atoms with van der Waals surface area (Å²) in [5, 5.41) is 15.1. The van der Waals surface area contributed by atoms with E-state index in [1.54, 1.807) is 16.7 Å². The molecule has 0 radical (unpaired) electrons. The second-order valence-corrected chi connectivity index (χ2v) is 12.5. The van der Waals surface area contributed by atoms with Gasteiger partial charge in [0.15, 0.2) is 0 Å². The average molecular weight is 567 g/mol. The number of halogens is 1. The molecule has 3 amide bonds.